The number of aromatic nitrogens is 2. The number of carbonyl (C=O) groups excluding carboxylic acids is 1. The van der Waals surface area contributed by atoms with Crippen molar-refractivity contribution in [1.82, 2.24) is 20.0 Å². The van der Waals surface area contributed by atoms with Crippen molar-refractivity contribution in [2.75, 3.05) is 19.6 Å². The van der Waals surface area contributed by atoms with Crippen molar-refractivity contribution < 1.29 is 23.5 Å². The van der Waals surface area contributed by atoms with Crippen LogP contribution in [-0.2, 0) is 16.0 Å². The molecule has 4 rings (SSSR count). The summed E-state index contributed by atoms with van der Waals surface area (Å²) in [6.07, 6.45) is -0.709. The summed E-state index contributed by atoms with van der Waals surface area (Å²) in [4.78, 5) is 41.3. The number of benzene rings is 2. The zero-order valence-corrected chi connectivity index (χ0v) is 27.3. The lowest BCUT2D eigenvalue weighted by Gasteiger charge is -2.34. The van der Waals surface area contributed by atoms with Gasteiger partial charge in [-0.05, 0) is 98.2 Å². The van der Waals surface area contributed by atoms with E-state index >= 15 is 4.39 Å². The van der Waals surface area contributed by atoms with Crippen LogP contribution >= 0.6 is 11.6 Å². The van der Waals surface area contributed by atoms with Gasteiger partial charge in [0.15, 0.2) is 0 Å². The van der Waals surface area contributed by atoms with Gasteiger partial charge >= 0.3 is 5.97 Å². The summed E-state index contributed by atoms with van der Waals surface area (Å²) < 4.78 is 30.2. The second kappa shape index (κ2) is 14.2. The van der Waals surface area contributed by atoms with Gasteiger partial charge in [0.1, 0.15) is 18.0 Å². The van der Waals surface area contributed by atoms with Crippen LogP contribution in [0.5, 0.6) is 0 Å². The number of nitrogens with zero attached hydrogens (tertiary/aromatic N) is 3. The van der Waals surface area contributed by atoms with Gasteiger partial charge < -0.3 is 10.4 Å². The van der Waals surface area contributed by atoms with E-state index < -0.39 is 47.9 Å². The molecule has 8 nitrogen and oxygen atoms in total. The maximum atomic E-state index is 15.8. The molecule has 0 spiro atoms. The molecule has 1 aliphatic heterocycles. The molecule has 1 amide bonds. The van der Waals surface area contributed by atoms with Gasteiger partial charge in [-0.1, -0.05) is 25.4 Å². The van der Waals surface area contributed by atoms with E-state index in [1.54, 1.807) is 44.2 Å². The number of alkyl halides is 1. The number of nitrogens with one attached hydrogen (secondary N) is 1. The molecule has 1 aromatic heterocycles. The zero-order chi connectivity index (χ0) is 33.2. The Morgan fingerprint density at radius 3 is 2.27 bits per heavy atom. The normalized spacial score (nSPS) is 15.2. The Morgan fingerprint density at radius 1 is 1.04 bits per heavy atom. The molecule has 11 heteroatoms. The highest BCUT2D eigenvalue weighted by Crippen LogP contribution is 2.35. The molecule has 1 fully saturated rings. The topological polar surface area (TPSA) is 105 Å². The number of likely N-dealkylation sites (tertiary alicyclic amines) is 1. The van der Waals surface area contributed by atoms with Crippen LogP contribution in [0.3, 0.4) is 0 Å². The van der Waals surface area contributed by atoms with E-state index in [-0.39, 0.29) is 17.9 Å². The summed E-state index contributed by atoms with van der Waals surface area (Å²) in [7, 11) is 0. The highest BCUT2D eigenvalue weighted by Gasteiger charge is 2.31. The maximum Gasteiger partial charge on any atom is 0.305 e. The molecule has 2 heterocycles. The third-order valence-corrected chi connectivity index (χ3v) is 8.41. The molecule has 1 saturated heterocycles. The average Bonchev–Trinajstić information content (AvgIpc) is 2.91. The van der Waals surface area contributed by atoms with Crippen molar-refractivity contribution in [2.45, 2.75) is 79.1 Å². The van der Waals surface area contributed by atoms with E-state index in [2.05, 4.69) is 10.4 Å². The zero-order valence-electron chi connectivity index (χ0n) is 26.6. The van der Waals surface area contributed by atoms with Crippen molar-refractivity contribution in [3.05, 3.63) is 85.0 Å². The summed E-state index contributed by atoms with van der Waals surface area (Å²) in [5, 5.41) is 17.7. The van der Waals surface area contributed by atoms with Gasteiger partial charge in [0.25, 0.3) is 5.56 Å². The number of halogens is 3. The van der Waals surface area contributed by atoms with Gasteiger partial charge in [-0.15, -0.1) is 0 Å². The minimum Gasteiger partial charge on any atom is -0.481 e. The smallest absolute Gasteiger partial charge is 0.305 e. The minimum atomic E-state index is -1.23. The van der Waals surface area contributed by atoms with Gasteiger partial charge in [0.2, 0.25) is 5.91 Å². The van der Waals surface area contributed by atoms with Crippen LogP contribution in [-0.4, -0.2) is 57.5 Å². The number of aliphatic carboxylic acids is 1. The Balaban J connectivity index is 1.72. The molecule has 0 saturated carbocycles. The fourth-order valence-electron chi connectivity index (χ4n) is 6.01. The Bertz CT molecular complexity index is 1630. The van der Waals surface area contributed by atoms with Crippen LogP contribution in [0.2, 0.25) is 5.02 Å². The number of aryl methyl sites for hydroxylation is 4. The molecule has 0 bridgehead atoms. The lowest BCUT2D eigenvalue weighted by molar-refractivity contribution is -0.138. The van der Waals surface area contributed by atoms with Crippen LogP contribution < -0.4 is 10.9 Å². The van der Waals surface area contributed by atoms with Gasteiger partial charge in [-0.2, -0.15) is 5.10 Å². The molecule has 2 N–H and O–H groups in total. The number of amides is 1. The first-order valence-electron chi connectivity index (χ1n) is 15.2. The quantitative estimate of drug-likeness (QED) is 0.249. The van der Waals surface area contributed by atoms with Crippen LogP contribution in [0.15, 0.2) is 35.1 Å². The lowest BCUT2D eigenvalue weighted by atomic mass is 9.90. The van der Waals surface area contributed by atoms with E-state index in [1.165, 1.54) is 0 Å². The number of carboxylic acid groups (broad SMARTS) is 1. The first-order chi connectivity index (χ1) is 21.1. The third-order valence-electron chi connectivity index (χ3n) is 8.19. The Kier molecular flexibility index (Phi) is 10.8. The molecule has 242 valence electrons. The van der Waals surface area contributed by atoms with Crippen molar-refractivity contribution in [2.24, 2.45) is 5.92 Å². The number of hydrogen-bond acceptors (Lipinski definition) is 5. The summed E-state index contributed by atoms with van der Waals surface area (Å²) in [5.74, 6) is -2.51. The standard InChI is InChI=1S/C34H41ClF2N4O4/c1-18(2)9-29(41-34(45)22(6)13-26(39-41)7-8-40-16-25(36)17-40)33(44)38-28(15-30(42)43)27-14-23(10-21(5)32(27)37)31-19(3)11-24(35)12-20(31)4/h10-14,18,25,28-29H,7-9,15-17H2,1-6H3,(H,38,44)(H,42,43)/t28-,29-/m0/s1. The van der Waals surface area contributed by atoms with Crippen molar-refractivity contribution in [3.8, 4) is 11.1 Å². The van der Waals surface area contributed by atoms with Gasteiger partial charge in [0, 0.05) is 42.2 Å². The number of hydrogen-bond donors (Lipinski definition) is 2. The SMILES string of the molecule is Cc1cc(-c2c(C)cc(Cl)cc2C)cc([C@H](CC(=O)O)NC(=O)[C@H](CC(C)C)n2nc(CCN3CC(F)C3)cc(C)c2=O)c1F. The van der Waals surface area contributed by atoms with Gasteiger partial charge in [0.05, 0.1) is 18.2 Å². The molecule has 0 radical (unpaired) electrons. The highest BCUT2D eigenvalue weighted by molar-refractivity contribution is 6.30. The average molecular weight is 643 g/mol. The van der Waals surface area contributed by atoms with Crippen LogP contribution in [0.4, 0.5) is 8.78 Å². The molecule has 2 aromatic carbocycles. The molecule has 0 aliphatic carbocycles. The first kappa shape index (κ1) is 34.2. The third kappa shape index (κ3) is 8.16. The number of carbonyl (C=O) groups is 2. The van der Waals surface area contributed by atoms with E-state index in [4.69, 9.17) is 11.6 Å². The fraction of sp³-hybridized carbons (Fsp3) is 0.471. The van der Waals surface area contributed by atoms with Crippen molar-refractivity contribution >= 4 is 23.5 Å². The van der Waals surface area contributed by atoms with E-state index in [0.29, 0.717) is 53.5 Å². The lowest BCUT2D eigenvalue weighted by Crippen LogP contribution is -2.49. The predicted octanol–water partition coefficient (Wildman–Crippen LogP) is 6.05. The molecule has 3 aromatic rings. The fourth-order valence-corrected chi connectivity index (χ4v) is 6.33. The van der Waals surface area contributed by atoms with E-state index in [1.807, 2.05) is 32.6 Å². The first-order valence-corrected chi connectivity index (χ1v) is 15.6. The summed E-state index contributed by atoms with van der Waals surface area (Å²) >= 11 is 6.24. The van der Waals surface area contributed by atoms with Crippen LogP contribution in [0.25, 0.3) is 11.1 Å². The van der Waals surface area contributed by atoms with Crippen molar-refractivity contribution in [3.63, 3.8) is 0 Å². The Morgan fingerprint density at radius 2 is 1.69 bits per heavy atom. The monoisotopic (exact) mass is 642 g/mol. The summed E-state index contributed by atoms with van der Waals surface area (Å²) in [6.45, 7) is 12.1. The van der Waals surface area contributed by atoms with Gasteiger partial charge in [-0.3, -0.25) is 19.3 Å². The second-order valence-corrected chi connectivity index (χ2v) is 13.0. The minimum absolute atomic E-state index is 0.0305. The Labute approximate surface area is 267 Å². The molecule has 0 unspecified atom stereocenters. The summed E-state index contributed by atoms with van der Waals surface area (Å²) in [5.41, 5.74) is 4.11. The van der Waals surface area contributed by atoms with Crippen molar-refractivity contribution in [1.29, 1.82) is 0 Å². The molecular weight excluding hydrogens is 602 g/mol. The Hall–Kier alpha value is -3.63. The maximum absolute atomic E-state index is 15.8. The molecule has 2 atom stereocenters. The summed E-state index contributed by atoms with van der Waals surface area (Å²) in [6, 6.07) is 6.25. The largest absolute Gasteiger partial charge is 0.481 e. The van der Waals surface area contributed by atoms with E-state index in [9.17, 15) is 23.9 Å². The number of rotatable bonds is 12. The van der Waals surface area contributed by atoms with Crippen LogP contribution in [0, 0.1) is 39.4 Å². The van der Waals surface area contributed by atoms with E-state index in [0.717, 1.165) is 21.4 Å². The predicted molar refractivity (Wildman–Crippen MR) is 171 cm³/mol. The molecular formula is C34H41ClF2N4O4. The molecule has 45 heavy (non-hydrogen) atoms. The molecule has 1 aliphatic rings. The second-order valence-electron chi connectivity index (χ2n) is 12.6. The van der Waals surface area contributed by atoms with Crippen LogP contribution in [0.1, 0.15) is 72.3 Å². The van der Waals surface area contributed by atoms with Gasteiger partial charge in [-0.25, -0.2) is 13.5 Å². The number of carboxylic acids is 1. The highest BCUT2D eigenvalue weighted by atomic mass is 35.5.